The van der Waals surface area contributed by atoms with Crippen LogP contribution in [-0.2, 0) is 4.74 Å². The first kappa shape index (κ1) is 15.4. The monoisotopic (exact) mass is 294 g/mol. The summed E-state index contributed by atoms with van der Waals surface area (Å²) in [5.74, 6) is -0.260. The summed E-state index contributed by atoms with van der Waals surface area (Å²) in [5, 5.41) is 13.7. The van der Waals surface area contributed by atoms with Gasteiger partial charge in [-0.3, -0.25) is 14.9 Å². The van der Waals surface area contributed by atoms with Gasteiger partial charge >= 0.3 is 0 Å². The molecule has 1 aromatic rings. The van der Waals surface area contributed by atoms with Crippen LogP contribution in [0.2, 0.25) is 0 Å². The third-order valence-electron chi connectivity index (χ3n) is 3.71. The fourth-order valence-electron chi connectivity index (χ4n) is 2.43. The van der Waals surface area contributed by atoms with Crippen LogP contribution in [0, 0.1) is 17.0 Å². The van der Waals surface area contributed by atoms with Gasteiger partial charge in [0.2, 0.25) is 0 Å². The van der Waals surface area contributed by atoms with E-state index in [9.17, 15) is 14.9 Å². The summed E-state index contributed by atoms with van der Waals surface area (Å²) in [5.41, 5.74) is 0.737. The van der Waals surface area contributed by atoms with Gasteiger partial charge in [0.1, 0.15) is 13.1 Å². The molecule has 0 spiro atoms. The standard InChI is InChI=1S/C14H19N3O4/c1-11-12(3-2-4-13(11)17(19)20)14(18)15-5-6-16-7-9-21-10-8-16/h2-4H,5-10H2,1H3,(H,15,18)/p+1. The second-order valence-corrected chi connectivity index (χ2v) is 5.08. The molecule has 7 heteroatoms. The van der Waals surface area contributed by atoms with Crippen LogP contribution in [0.3, 0.4) is 0 Å². The minimum atomic E-state index is -0.468. The zero-order valence-electron chi connectivity index (χ0n) is 12.1. The summed E-state index contributed by atoms with van der Waals surface area (Å²) in [4.78, 5) is 23.9. The van der Waals surface area contributed by atoms with Gasteiger partial charge in [-0.1, -0.05) is 6.07 Å². The van der Waals surface area contributed by atoms with E-state index in [1.807, 2.05) is 0 Å². The first-order chi connectivity index (χ1) is 10.1. The molecule has 2 rings (SSSR count). The van der Waals surface area contributed by atoms with Crippen molar-refractivity contribution in [2.24, 2.45) is 0 Å². The fraction of sp³-hybridized carbons (Fsp3) is 0.500. The van der Waals surface area contributed by atoms with Gasteiger partial charge in [-0.25, -0.2) is 0 Å². The van der Waals surface area contributed by atoms with E-state index >= 15 is 0 Å². The highest BCUT2D eigenvalue weighted by molar-refractivity contribution is 5.96. The smallest absolute Gasteiger partial charge is 0.273 e. The number of carbonyl (C=O) groups is 1. The van der Waals surface area contributed by atoms with Crippen LogP contribution in [0.25, 0.3) is 0 Å². The molecule has 114 valence electrons. The molecule has 1 heterocycles. The summed E-state index contributed by atoms with van der Waals surface area (Å²) in [6, 6.07) is 4.55. The Bertz CT molecular complexity index is 527. The highest BCUT2D eigenvalue weighted by atomic mass is 16.6. The van der Waals surface area contributed by atoms with Gasteiger partial charge in [-0.15, -0.1) is 0 Å². The Morgan fingerprint density at radius 1 is 1.43 bits per heavy atom. The molecule has 21 heavy (non-hydrogen) atoms. The van der Waals surface area contributed by atoms with E-state index in [2.05, 4.69) is 5.32 Å². The Morgan fingerprint density at radius 2 is 2.14 bits per heavy atom. The molecule has 1 aromatic carbocycles. The molecule has 7 nitrogen and oxygen atoms in total. The first-order valence-electron chi connectivity index (χ1n) is 7.03. The van der Waals surface area contributed by atoms with E-state index in [0.29, 0.717) is 17.7 Å². The molecule has 1 fully saturated rings. The van der Waals surface area contributed by atoms with Crippen molar-refractivity contribution >= 4 is 11.6 Å². The van der Waals surface area contributed by atoms with Crippen molar-refractivity contribution in [2.75, 3.05) is 39.4 Å². The first-order valence-corrected chi connectivity index (χ1v) is 7.03. The number of benzene rings is 1. The molecular weight excluding hydrogens is 274 g/mol. The molecule has 0 aliphatic carbocycles. The summed E-state index contributed by atoms with van der Waals surface area (Å²) in [6.07, 6.45) is 0. The number of nitrogens with zero attached hydrogens (tertiary/aromatic N) is 1. The molecule has 1 amide bonds. The molecule has 1 saturated heterocycles. The van der Waals surface area contributed by atoms with Crippen molar-refractivity contribution in [3.63, 3.8) is 0 Å². The summed E-state index contributed by atoms with van der Waals surface area (Å²) >= 11 is 0. The number of hydrogen-bond acceptors (Lipinski definition) is 4. The fourth-order valence-corrected chi connectivity index (χ4v) is 2.43. The molecule has 0 unspecified atom stereocenters. The molecule has 1 aliphatic heterocycles. The predicted octanol–water partition coefficient (Wildman–Crippen LogP) is -0.452. The van der Waals surface area contributed by atoms with Gasteiger partial charge in [-0.2, -0.15) is 0 Å². The number of morpholine rings is 1. The summed E-state index contributed by atoms with van der Waals surface area (Å²) < 4.78 is 5.28. The minimum absolute atomic E-state index is 0.0264. The second kappa shape index (κ2) is 7.14. The van der Waals surface area contributed by atoms with E-state index < -0.39 is 4.92 Å². The van der Waals surface area contributed by atoms with Gasteiger partial charge < -0.3 is 15.0 Å². The van der Waals surface area contributed by atoms with Crippen LogP contribution in [0.15, 0.2) is 18.2 Å². The largest absolute Gasteiger partial charge is 0.370 e. The number of quaternary nitrogens is 1. The molecule has 0 aromatic heterocycles. The lowest BCUT2D eigenvalue weighted by molar-refractivity contribution is -0.906. The lowest BCUT2D eigenvalue weighted by Gasteiger charge is -2.23. The predicted molar refractivity (Wildman–Crippen MR) is 76.5 cm³/mol. The van der Waals surface area contributed by atoms with E-state index in [4.69, 9.17) is 4.74 Å². The maximum absolute atomic E-state index is 12.1. The zero-order chi connectivity index (χ0) is 15.2. The number of hydrogen-bond donors (Lipinski definition) is 2. The summed E-state index contributed by atoms with van der Waals surface area (Å²) in [7, 11) is 0. The number of rotatable bonds is 5. The van der Waals surface area contributed by atoms with Crippen molar-refractivity contribution in [1.82, 2.24) is 5.32 Å². The van der Waals surface area contributed by atoms with E-state index in [1.165, 1.54) is 17.0 Å². The second-order valence-electron chi connectivity index (χ2n) is 5.08. The van der Waals surface area contributed by atoms with Crippen LogP contribution >= 0.6 is 0 Å². The lowest BCUT2D eigenvalue weighted by Crippen LogP contribution is -3.14. The van der Waals surface area contributed by atoms with Crippen molar-refractivity contribution in [3.05, 3.63) is 39.4 Å². The Balaban J connectivity index is 1.91. The van der Waals surface area contributed by atoms with Gasteiger partial charge in [0.25, 0.3) is 11.6 Å². The van der Waals surface area contributed by atoms with E-state index in [-0.39, 0.29) is 11.6 Å². The van der Waals surface area contributed by atoms with Crippen LogP contribution in [0.1, 0.15) is 15.9 Å². The average Bonchev–Trinajstić information content (AvgIpc) is 2.48. The third kappa shape index (κ3) is 3.99. The van der Waals surface area contributed by atoms with Crippen molar-refractivity contribution in [1.29, 1.82) is 0 Å². The molecule has 0 atom stereocenters. The van der Waals surface area contributed by atoms with Crippen molar-refractivity contribution in [2.45, 2.75) is 6.92 Å². The topological polar surface area (TPSA) is 85.9 Å². The Hall–Kier alpha value is -1.99. The SMILES string of the molecule is Cc1c(C(=O)NCC[NH+]2CCOCC2)cccc1[N+](=O)[O-]. The van der Waals surface area contributed by atoms with Crippen LogP contribution in [-0.4, -0.2) is 50.2 Å². The van der Waals surface area contributed by atoms with E-state index in [0.717, 1.165) is 32.8 Å². The molecule has 1 aliphatic rings. The minimum Gasteiger partial charge on any atom is -0.370 e. The normalized spacial score (nSPS) is 15.7. The maximum Gasteiger partial charge on any atom is 0.273 e. The molecule has 2 N–H and O–H groups in total. The van der Waals surface area contributed by atoms with Crippen LogP contribution in [0.5, 0.6) is 0 Å². The number of nitro benzene ring substituents is 1. The molecule has 0 radical (unpaired) electrons. The van der Waals surface area contributed by atoms with Gasteiger partial charge in [0.05, 0.1) is 31.2 Å². The number of carbonyl (C=O) groups excluding carboxylic acids is 1. The van der Waals surface area contributed by atoms with Crippen LogP contribution in [0.4, 0.5) is 5.69 Å². The summed E-state index contributed by atoms with van der Waals surface area (Å²) in [6.45, 7) is 6.40. The average molecular weight is 294 g/mol. The highest BCUT2D eigenvalue weighted by Crippen LogP contribution is 2.20. The Labute approximate surface area is 123 Å². The zero-order valence-corrected chi connectivity index (χ0v) is 12.1. The number of nitrogens with one attached hydrogen (secondary N) is 2. The number of nitro groups is 1. The number of ether oxygens (including phenoxy) is 1. The highest BCUT2D eigenvalue weighted by Gasteiger charge is 2.18. The molecule has 0 saturated carbocycles. The van der Waals surface area contributed by atoms with Gasteiger partial charge in [0.15, 0.2) is 0 Å². The Kier molecular flexibility index (Phi) is 5.24. The van der Waals surface area contributed by atoms with Gasteiger partial charge in [0, 0.05) is 17.2 Å². The lowest BCUT2D eigenvalue weighted by atomic mass is 10.1. The quantitative estimate of drug-likeness (QED) is 0.569. The Morgan fingerprint density at radius 3 is 2.81 bits per heavy atom. The molecular formula is C14H20N3O4+. The van der Waals surface area contributed by atoms with Crippen molar-refractivity contribution < 1.29 is 19.4 Å². The maximum atomic E-state index is 12.1. The number of amides is 1. The van der Waals surface area contributed by atoms with Crippen LogP contribution < -0.4 is 10.2 Å². The molecule has 0 bridgehead atoms. The third-order valence-corrected chi connectivity index (χ3v) is 3.71. The van der Waals surface area contributed by atoms with Crippen molar-refractivity contribution in [3.8, 4) is 0 Å². The van der Waals surface area contributed by atoms with Gasteiger partial charge in [-0.05, 0) is 13.0 Å². The van der Waals surface area contributed by atoms with E-state index in [1.54, 1.807) is 13.0 Å².